The molecule has 1 heterocycles. The second-order valence-corrected chi connectivity index (χ2v) is 3.95. The van der Waals surface area contributed by atoms with Gasteiger partial charge in [-0.15, -0.1) is 0 Å². The maximum Gasteiger partial charge on any atom is 0.337 e. The minimum Gasteiger partial charge on any atom is -0.490 e. The van der Waals surface area contributed by atoms with Crippen molar-refractivity contribution in [3.8, 4) is 5.75 Å². The maximum absolute atomic E-state index is 11.2. The van der Waals surface area contributed by atoms with Crippen molar-refractivity contribution in [3.63, 3.8) is 0 Å². The number of carbonyl (C=O) groups is 1. The number of esters is 1. The molecule has 1 fully saturated rings. The fraction of sp³-hybridized carbons (Fsp3) is 0.462. The van der Waals surface area contributed by atoms with E-state index in [0.29, 0.717) is 5.56 Å². The first kappa shape index (κ1) is 11.9. The normalized spacial score (nSPS) is 16.5. The van der Waals surface area contributed by atoms with E-state index in [1.54, 1.807) is 24.3 Å². The summed E-state index contributed by atoms with van der Waals surface area (Å²) in [4.78, 5) is 11.2. The van der Waals surface area contributed by atoms with E-state index in [-0.39, 0.29) is 12.1 Å². The van der Waals surface area contributed by atoms with E-state index in [2.05, 4.69) is 4.74 Å². The molecule has 1 aromatic carbocycles. The van der Waals surface area contributed by atoms with Crippen molar-refractivity contribution in [2.75, 3.05) is 20.3 Å². The smallest absolute Gasteiger partial charge is 0.337 e. The highest BCUT2D eigenvalue weighted by Crippen LogP contribution is 2.18. The van der Waals surface area contributed by atoms with Crippen LogP contribution in [0.15, 0.2) is 24.3 Å². The summed E-state index contributed by atoms with van der Waals surface area (Å²) in [5.41, 5.74) is 0.534. The number of ether oxygens (including phenoxy) is 3. The lowest BCUT2D eigenvalue weighted by atomic mass is 10.1. The van der Waals surface area contributed by atoms with Crippen LogP contribution in [0, 0.1) is 0 Å². The first-order valence-corrected chi connectivity index (χ1v) is 5.72. The summed E-state index contributed by atoms with van der Waals surface area (Å²) >= 11 is 0. The van der Waals surface area contributed by atoms with Crippen molar-refractivity contribution in [2.24, 2.45) is 0 Å². The summed E-state index contributed by atoms with van der Waals surface area (Å²) in [6.45, 7) is 1.51. The van der Waals surface area contributed by atoms with Gasteiger partial charge in [-0.05, 0) is 24.3 Å². The molecule has 0 aliphatic carbocycles. The lowest BCUT2D eigenvalue weighted by Gasteiger charge is -2.23. The second-order valence-electron chi connectivity index (χ2n) is 3.95. The van der Waals surface area contributed by atoms with Crippen LogP contribution in [0.2, 0.25) is 0 Å². The molecule has 1 aromatic rings. The van der Waals surface area contributed by atoms with Gasteiger partial charge in [0, 0.05) is 12.8 Å². The highest BCUT2D eigenvalue weighted by Gasteiger charge is 2.15. The predicted molar refractivity (Wildman–Crippen MR) is 62.3 cm³/mol. The number of methoxy groups -OCH3 is 1. The van der Waals surface area contributed by atoms with E-state index >= 15 is 0 Å². The molecule has 2 rings (SSSR count). The Kier molecular flexibility index (Phi) is 3.98. The van der Waals surface area contributed by atoms with Crippen LogP contribution in [-0.2, 0) is 9.47 Å². The molecule has 0 radical (unpaired) electrons. The third-order valence-electron chi connectivity index (χ3n) is 2.75. The molecule has 17 heavy (non-hydrogen) atoms. The first-order valence-electron chi connectivity index (χ1n) is 5.72. The maximum atomic E-state index is 11.2. The molecule has 0 spiro atoms. The van der Waals surface area contributed by atoms with Gasteiger partial charge in [0.1, 0.15) is 11.9 Å². The van der Waals surface area contributed by atoms with Gasteiger partial charge in [-0.2, -0.15) is 0 Å². The Morgan fingerprint density at radius 1 is 1.24 bits per heavy atom. The van der Waals surface area contributed by atoms with E-state index in [0.717, 1.165) is 31.8 Å². The van der Waals surface area contributed by atoms with Crippen molar-refractivity contribution < 1.29 is 19.0 Å². The van der Waals surface area contributed by atoms with Crippen LogP contribution < -0.4 is 4.74 Å². The Bertz CT molecular complexity index is 366. The number of carbonyl (C=O) groups excluding carboxylic acids is 1. The zero-order valence-electron chi connectivity index (χ0n) is 9.85. The fourth-order valence-electron chi connectivity index (χ4n) is 1.77. The average molecular weight is 236 g/mol. The van der Waals surface area contributed by atoms with Gasteiger partial charge in [-0.25, -0.2) is 4.79 Å². The molecule has 1 aliphatic rings. The molecule has 0 N–H and O–H groups in total. The predicted octanol–water partition coefficient (Wildman–Crippen LogP) is 2.03. The van der Waals surface area contributed by atoms with Gasteiger partial charge in [0.05, 0.1) is 25.9 Å². The van der Waals surface area contributed by atoms with Gasteiger partial charge in [-0.1, -0.05) is 0 Å². The third kappa shape index (κ3) is 3.20. The highest BCUT2D eigenvalue weighted by atomic mass is 16.5. The molecule has 0 unspecified atom stereocenters. The standard InChI is InChI=1S/C13H16O4/c1-15-13(14)10-2-4-11(5-3-10)17-12-6-8-16-9-7-12/h2-5,12H,6-9H2,1H3. The molecule has 92 valence electrons. The summed E-state index contributed by atoms with van der Waals surface area (Å²) in [7, 11) is 1.37. The highest BCUT2D eigenvalue weighted by molar-refractivity contribution is 5.89. The van der Waals surface area contributed by atoms with Crippen LogP contribution >= 0.6 is 0 Å². The van der Waals surface area contributed by atoms with Crippen LogP contribution in [0.5, 0.6) is 5.75 Å². The van der Waals surface area contributed by atoms with Crippen LogP contribution in [0.1, 0.15) is 23.2 Å². The molecule has 4 nitrogen and oxygen atoms in total. The van der Waals surface area contributed by atoms with Crippen LogP contribution in [-0.4, -0.2) is 32.4 Å². The van der Waals surface area contributed by atoms with Crippen LogP contribution in [0.3, 0.4) is 0 Å². The number of hydrogen-bond acceptors (Lipinski definition) is 4. The summed E-state index contributed by atoms with van der Waals surface area (Å²) in [5, 5.41) is 0. The largest absolute Gasteiger partial charge is 0.490 e. The molecular weight excluding hydrogens is 220 g/mol. The Labute approximate surface area is 100 Å². The topological polar surface area (TPSA) is 44.8 Å². The van der Waals surface area contributed by atoms with Crippen LogP contribution in [0.25, 0.3) is 0 Å². The van der Waals surface area contributed by atoms with E-state index in [1.165, 1.54) is 7.11 Å². The number of hydrogen-bond donors (Lipinski definition) is 0. The first-order chi connectivity index (χ1) is 8.29. The quantitative estimate of drug-likeness (QED) is 0.753. The zero-order chi connectivity index (χ0) is 12.1. The lowest BCUT2D eigenvalue weighted by molar-refractivity contribution is 0.0255. The lowest BCUT2D eigenvalue weighted by Crippen LogP contribution is -2.25. The molecular formula is C13H16O4. The average Bonchev–Trinajstić information content (AvgIpc) is 2.40. The Balaban J connectivity index is 1.95. The van der Waals surface area contributed by atoms with Crippen molar-refractivity contribution >= 4 is 5.97 Å². The zero-order valence-corrected chi connectivity index (χ0v) is 9.85. The van der Waals surface area contributed by atoms with Crippen molar-refractivity contribution in [1.82, 2.24) is 0 Å². The van der Waals surface area contributed by atoms with Gasteiger partial charge in [0.25, 0.3) is 0 Å². The SMILES string of the molecule is COC(=O)c1ccc(OC2CCOCC2)cc1. The van der Waals surface area contributed by atoms with Gasteiger partial charge in [-0.3, -0.25) is 0 Å². The minimum absolute atomic E-state index is 0.215. The Hall–Kier alpha value is -1.55. The summed E-state index contributed by atoms with van der Waals surface area (Å²) in [6, 6.07) is 7.00. The number of rotatable bonds is 3. The molecule has 0 bridgehead atoms. The molecule has 0 atom stereocenters. The molecule has 0 amide bonds. The molecule has 0 saturated carbocycles. The van der Waals surface area contributed by atoms with E-state index in [4.69, 9.17) is 9.47 Å². The van der Waals surface area contributed by atoms with Crippen molar-refractivity contribution in [1.29, 1.82) is 0 Å². The molecule has 1 aliphatic heterocycles. The van der Waals surface area contributed by atoms with E-state index in [9.17, 15) is 4.79 Å². The van der Waals surface area contributed by atoms with Crippen molar-refractivity contribution in [2.45, 2.75) is 18.9 Å². The molecule has 0 aromatic heterocycles. The third-order valence-corrected chi connectivity index (χ3v) is 2.75. The minimum atomic E-state index is -0.331. The summed E-state index contributed by atoms with van der Waals surface area (Å²) < 4.78 is 15.7. The van der Waals surface area contributed by atoms with Gasteiger partial charge >= 0.3 is 5.97 Å². The van der Waals surface area contributed by atoms with Crippen molar-refractivity contribution in [3.05, 3.63) is 29.8 Å². The van der Waals surface area contributed by atoms with Crippen LogP contribution in [0.4, 0.5) is 0 Å². The summed E-state index contributed by atoms with van der Waals surface area (Å²) in [5.74, 6) is 0.451. The monoisotopic (exact) mass is 236 g/mol. The van der Waals surface area contributed by atoms with Gasteiger partial charge < -0.3 is 14.2 Å². The van der Waals surface area contributed by atoms with Gasteiger partial charge in [0.2, 0.25) is 0 Å². The number of benzene rings is 1. The second kappa shape index (κ2) is 5.68. The molecule has 4 heteroatoms. The molecule has 1 saturated heterocycles. The van der Waals surface area contributed by atoms with E-state index in [1.807, 2.05) is 0 Å². The van der Waals surface area contributed by atoms with E-state index < -0.39 is 0 Å². The van der Waals surface area contributed by atoms with Gasteiger partial charge in [0.15, 0.2) is 0 Å². The fourth-order valence-corrected chi connectivity index (χ4v) is 1.77. The Morgan fingerprint density at radius 2 is 1.88 bits per heavy atom. The Morgan fingerprint density at radius 3 is 2.47 bits per heavy atom. The summed E-state index contributed by atoms with van der Waals surface area (Å²) in [6.07, 6.45) is 2.05.